The Hall–Kier alpha value is -2.60. The Morgan fingerprint density at radius 1 is 1.04 bits per heavy atom. The summed E-state index contributed by atoms with van der Waals surface area (Å²) in [6.45, 7) is 3.74. The Bertz CT molecular complexity index is 914. The Balaban J connectivity index is 2.03. The molecule has 1 heterocycles. The molecule has 0 saturated carbocycles. The summed E-state index contributed by atoms with van der Waals surface area (Å²) in [5, 5.41) is 0. The van der Waals surface area contributed by atoms with Crippen LogP contribution in [0.25, 0.3) is 6.08 Å². The molecule has 1 aliphatic rings. The topological polar surface area (TPSA) is 63.7 Å². The summed E-state index contributed by atoms with van der Waals surface area (Å²) in [5.74, 6) is 0. The van der Waals surface area contributed by atoms with Gasteiger partial charge in [0.1, 0.15) is 6.61 Å². The summed E-state index contributed by atoms with van der Waals surface area (Å²) < 4.78 is 31.3. The monoisotopic (exact) mass is 343 g/mol. The summed E-state index contributed by atoms with van der Waals surface area (Å²) in [6.07, 6.45) is 0.776. The molecular weight excluding hydrogens is 326 g/mol. The third-order valence-electron chi connectivity index (χ3n) is 3.70. The van der Waals surface area contributed by atoms with Gasteiger partial charge in [-0.1, -0.05) is 47.5 Å². The van der Waals surface area contributed by atoms with Crippen LogP contribution in [0, 0.1) is 13.8 Å². The molecule has 0 unspecified atom stereocenters. The van der Waals surface area contributed by atoms with Crippen LogP contribution in [0.3, 0.4) is 0 Å². The predicted molar refractivity (Wildman–Crippen MR) is 90.7 cm³/mol. The van der Waals surface area contributed by atoms with Crippen molar-refractivity contribution in [3.05, 3.63) is 70.9 Å². The third kappa shape index (κ3) is 3.05. The fourth-order valence-electron chi connectivity index (χ4n) is 2.49. The molecule has 1 saturated heterocycles. The van der Waals surface area contributed by atoms with E-state index in [4.69, 9.17) is 4.74 Å². The van der Waals surface area contributed by atoms with E-state index in [1.165, 1.54) is 12.1 Å². The van der Waals surface area contributed by atoms with Crippen LogP contribution in [0.1, 0.15) is 16.7 Å². The average molecular weight is 343 g/mol. The van der Waals surface area contributed by atoms with Crippen molar-refractivity contribution in [2.45, 2.75) is 18.7 Å². The van der Waals surface area contributed by atoms with E-state index in [2.05, 4.69) is 0 Å². The SMILES string of the molecule is Cc1ccc(S(=O)(=O)N2C(=O)OC/C2=C\c2cccc(C)c2)cc1. The molecular formula is C18H17NO4S. The van der Waals surface area contributed by atoms with Gasteiger partial charge in [0.2, 0.25) is 0 Å². The molecule has 3 rings (SSSR count). The van der Waals surface area contributed by atoms with Crippen molar-refractivity contribution in [2.75, 3.05) is 6.61 Å². The molecule has 1 aliphatic heterocycles. The van der Waals surface area contributed by atoms with Crippen molar-refractivity contribution < 1.29 is 17.9 Å². The Morgan fingerprint density at radius 3 is 2.42 bits per heavy atom. The molecule has 24 heavy (non-hydrogen) atoms. The number of amides is 1. The van der Waals surface area contributed by atoms with Crippen LogP contribution in [0.4, 0.5) is 4.79 Å². The van der Waals surface area contributed by atoms with Crippen molar-refractivity contribution in [1.82, 2.24) is 4.31 Å². The van der Waals surface area contributed by atoms with Crippen LogP contribution in [0.2, 0.25) is 0 Å². The number of hydrogen-bond acceptors (Lipinski definition) is 4. The van der Waals surface area contributed by atoms with Gasteiger partial charge in [0.25, 0.3) is 10.0 Å². The van der Waals surface area contributed by atoms with E-state index in [9.17, 15) is 13.2 Å². The Labute approximate surface area is 141 Å². The molecule has 124 valence electrons. The maximum Gasteiger partial charge on any atom is 0.428 e. The van der Waals surface area contributed by atoms with E-state index in [-0.39, 0.29) is 11.5 Å². The highest BCUT2D eigenvalue weighted by molar-refractivity contribution is 7.89. The van der Waals surface area contributed by atoms with Gasteiger partial charge in [-0.3, -0.25) is 0 Å². The molecule has 5 nitrogen and oxygen atoms in total. The predicted octanol–water partition coefficient (Wildman–Crippen LogP) is 3.49. The summed E-state index contributed by atoms with van der Waals surface area (Å²) in [6, 6.07) is 13.9. The summed E-state index contributed by atoms with van der Waals surface area (Å²) >= 11 is 0. The average Bonchev–Trinajstić information content (AvgIpc) is 2.89. The second-order valence-electron chi connectivity index (χ2n) is 5.69. The lowest BCUT2D eigenvalue weighted by atomic mass is 10.1. The van der Waals surface area contributed by atoms with Crippen molar-refractivity contribution in [3.63, 3.8) is 0 Å². The summed E-state index contributed by atoms with van der Waals surface area (Å²) in [4.78, 5) is 12.1. The van der Waals surface area contributed by atoms with Crippen LogP contribution in [-0.2, 0) is 14.8 Å². The molecule has 2 aromatic carbocycles. The Morgan fingerprint density at radius 2 is 1.75 bits per heavy atom. The number of benzene rings is 2. The molecule has 0 bridgehead atoms. The first-order chi connectivity index (χ1) is 11.4. The van der Waals surface area contributed by atoms with E-state index < -0.39 is 16.1 Å². The van der Waals surface area contributed by atoms with Gasteiger partial charge in [-0.15, -0.1) is 0 Å². The molecule has 0 radical (unpaired) electrons. The first kappa shape index (κ1) is 16.3. The maximum absolute atomic E-state index is 12.8. The minimum Gasteiger partial charge on any atom is -0.442 e. The van der Waals surface area contributed by atoms with Crippen LogP contribution in [0.15, 0.2) is 59.1 Å². The third-order valence-corrected chi connectivity index (χ3v) is 5.44. The summed E-state index contributed by atoms with van der Waals surface area (Å²) in [5.41, 5.74) is 3.09. The van der Waals surface area contributed by atoms with Gasteiger partial charge in [-0.05, 0) is 37.6 Å². The number of rotatable bonds is 3. The van der Waals surface area contributed by atoms with E-state index in [1.807, 2.05) is 38.1 Å². The van der Waals surface area contributed by atoms with E-state index in [1.54, 1.807) is 18.2 Å². The molecule has 0 aliphatic carbocycles. The minimum atomic E-state index is -3.99. The lowest BCUT2D eigenvalue weighted by molar-refractivity contribution is 0.170. The molecule has 6 heteroatoms. The van der Waals surface area contributed by atoms with Crippen molar-refractivity contribution >= 4 is 22.2 Å². The highest BCUT2D eigenvalue weighted by Gasteiger charge is 2.38. The standard InChI is InChI=1S/C18H17NO4S/c1-13-6-8-17(9-7-13)24(21,22)19-16(12-23-18(19)20)11-15-5-3-4-14(2)10-15/h3-11H,12H2,1-2H3/b16-11+. The fourth-order valence-corrected chi connectivity index (χ4v) is 3.84. The quantitative estimate of drug-likeness (QED) is 0.856. The van der Waals surface area contributed by atoms with E-state index in [0.717, 1.165) is 21.0 Å². The number of sulfonamides is 1. The van der Waals surface area contributed by atoms with Gasteiger partial charge in [0, 0.05) is 0 Å². The molecule has 1 amide bonds. The number of aryl methyl sites for hydroxylation is 2. The van der Waals surface area contributed by atoms with Crippen molar-refractivity contribution in [3.8, 4) is 0 Å². The van der Waals surface area contributed by atoms with Gasteiger partial charge >= 0.3 is 6.09 Å². The normalized spacial score (nSPS) is 16.5. The number of ether oxygens (including phenoxy) is 1. The smallest absolute Gasteiger partial charge is 0.428 e. The molecule has 2 aromatic rings. The minimum absolute atomic E-state index is 0.0575. The van der Waals surface area contributed by atoms with Gasteiger partial charge in [-0.25, -0.2) is 13.2 Å². The molecule has 1 fully saturated rings. The zero-order chi connectivity index (χ0) is 17.3. The van der Waals surface area contributed by atoms with Crippen molar-refractivity contribution in [1.29, 1.82) is 0 Å². The van der Waals surface area contributed by atoms with E-state index >= 15 is 0 Å². The Kier molecular flexibility index (Phi) is 4.15. The van der Waals surface area contributed by atoms with Crippen LogP contribution >= 0.6 is 0 Å². The molecule has 0 spiro atoms. The molecule has 0 N–H and O–H groups in total. The maximum atomic E-state index is 12.8. The highest BCUT2D eigenvalue weighted by Crippen LogP contribution is 2.27. The highest BCUT2D eigenvalue weighted by atomic mass is 32.2. The second kappa shape index (κ2) is 6.13. The fraction of sp³-hybridized carbons (Fsp3) is 0.167. The van der Waals surface area contributed by atoms with E-state index in [0.29, 0.717) is 5.70 Å². The van der Waals surface area contributed by atoms with Crippen LogP contribution in [0.5, 0.6) is 0 Å². The van der Waals surface area contributed by atoms with Gasteiger partial charge in [0.15, 0.2) is 0 Å². The summed E-state index contributed by atoms with van der Waals surface area (Å²) in [7, 11) is -3.99. The first-order valence-corrected chi connectivity index (χ1v) is 8.88. The second-order valence-corrected chi connectivity index (χ2v) is 7.47. The molecule has 0 atom stereocenters. The lowest BCUT2D eigenvalue weighted by Crippen LogP contribution is -2.30. The zero-order valence-electron chi connectivity index (χ0n) is 13.4. The van der Waals surface area contributed by atoms with Gasteiger partial charge in [-0.2, -0.15) is 4.31 Å². The number of carbonyl (C=O) groups excluding carboxylic acids is 1. The largest absolute Gasteiger partial charge is 0.442 e. The number of hydrogen-bond donors (Lipinski definition) is 0. The first-order valence-electron chi connectivity index (χ1n) is 7.44. The zero-order valence-corrected chi connectivity index (χ0v) is 14.2. The van der Waals surface area contributed by atoms with Gasteiger partial charge in [0.05, 0.1) is 10.6 Å². The number of cyclic esters (lactones) is 1. The number of nitrogens with zero attached hydrogens (tertiary/aromatic N) is 1. The van der Waals surface area contributed by atoms with Crippen LogP contribution in [-0.4, -0.2) is 25.4 Å². The number of carbonyl (C=O) groups is 1. The lowest BCUT2D eigenvalue weighted by Gasteiger charge is -2.15. The molecule has 0 aromatic heterocycles. The van der Waals surface area contributed by atoms with Crippen molar-refractivity contribution in [2.24, 2.45) is 0 Å². The van der Waals surface area contributed by atoms with Crippen LogP contribution < -0.4 is 0 Å². The van der Waals surface area contributed by atoms with Gasteiger partial charge < -0.3 is 4.74 Å².